The average Bonchev–Trinajstić information content (AvgIpc) is 3.30. The Balaban J connectivity index is 1.60. The molecule has 1 atom stereocenters. The summed E-state index contributed by atoms with van der Waals surface area (Å²) >= 11 is 1.13. The number of hydrogen-bond donors (Lipinski definition) is 0. The summed E-state index contributed by atoms with van der Waals surface area (Å²) in [7, 11) is 0. The van der Waals surface area contributed by atoms with Crippen LogP contribution in [0.1, 0.15) is 44.9 Å². The lowest BCUT2D eigenvalue weighted by Crippen LogP contribution is -2.40. The summed E-state index contributed by atoms with van der Waals surface area (Å²) in [6.45, 7) is 7.30. The summed E-state index contributed by atoms with van der Waals surface area (Å²) in [6.07, 6.45) is 1.45. The fraction of sp³-hybridized carbons (Fsp3) is 0.219. The molecular weight excluding hydrogens is 616 g/mol. The smallest absolute Gasteiger partial charge is 0.338 e. The Hall–Kier alpha value is -5.63. The van der Waals surface area contributed by atoms with Gasteiger partial charge in [0.2, 0.25) is 5.75 Å². The Morgan fingerprint density at radius 1 is 1.04 bits per heavy atom. The van der Waals surface area contributed by atoms with Gasteiger partial charge in [0.05, 0.1) is 44.4 Å². The first-order valence-corrected chi connectivity index (χ1v) is 15.0. The van der Waals surface area contributed by atoms with Gasteiger partial charge in [-0.1, -0.05) is 41.7 Å². The fourth-order valence-electron chi connectivity index (χ4n) is 4.95. The van der Waals surface area contributed by atoms with Crippen LogP contribution in [0.3, 0.4) is 0 Å². The first kappa shape index (κ1) is 31.8. The Morgan fingerprint density at radius 2 is 1.80 bits per heavy atom. The van der Waals surface area contributed by atoms with E-state index in [0.29, 0.717) is 31.9 Å². The number of aromatic nitrogens is 1. The minimum Gasteiger partial charge on any atom is -0.491 e. The van der Waals surface area contributed by atoms with Crippen molar-refractivity contribution in [2.45, 2.75) is 39.8 Å². The van der Waals surface area contributed by atoms with Crippen molar-refractivity contribution >= 4 is 34.8 Å². The minimum atomic E-state index is -0.871. The SMILES string of the molecule is CCOC(=O)C1=C(C)N=c2s/c(=C\c3cccc(Oc4ccc([N+](=O)[O-])cc4[N+](=O)[O-])c3)c(=O)n2[C@@H]1c1ccccc1OC(C)C. The lowest BCUT2D eigenvalue weighted by atomic mass is 9.95. The molecule has 0 aliphatic carbocycles. The van der Waals surface area contributed by atoms with Gasteiger partial charge in [-0.2, -0.15) is 0 Å². The largest absolute Gasteiger partial charge is 0.491 e. The summed E-state index contributed by atoms with van der Waals surface area (Å²) in [5.74, 6) is -0.0562. The van der Waals surface area contributed by atoms with E-state index >= 15 is 0 Å². The van der Waals surface area contributed by atoms with Crippen LogP contribution in [0, 0.1) is 20.2 Å². The molecule has 0 unspecified atom stereocenters. The number of ether oxygens (including phenoxy) is 3. The molecule has 3 aromatic carbocycles. The number of nitro benzene ring substituents is 2. The molecule has 0 fully saturated rings. The zero-order chi connectivity index (χ0) is 33.1. The topological polar surface area (TPSA) is 165 Å². The maximum Gasteiger partial charge on any atom is 0.338 e. The maximum atomic E-state index is 14.1. The van der Waals surface area contributed by atoms with Gasteiger partial charge in [-0.05, 0) is 63.6 Å². The second-order valence-electron chi connectivity index (χ2n) is 10.3. The molecule has 13 nitrogen and oxygen atoms in total. The molecular formula is C32H28N4O9S. The molecule has 5 rings (SSSR count). The number of benzene rings is 3. The number of rotatable bonds is 10. The normalized spacial score (nSPS) is 14.5. The molecule has 0 N–H and O–H groups in total. The van der Waals surface area contributed by atoms with Crippen molar-refractivity contribution in [1.29, 1.82) is 0 Å². The molecule has 46 heavy (non-hydrogen) atoms. The number of para-hydroxylation sites is 1. The molecule has 0 spiro atoms. The average molecular weight is 645 g/mol. The number of carbonyl (C=O) groups excluding carboxylic acids is 1. The van der Waals surface area contributed by atoms with E-state index in [1.807, 2.05) is 19.9 Å². The van der Waals surface area contributed by atoms with Crippen LogP contribution in [0.15, 0.2) is 87.8 Å². The number of carbonyl (C=O) groups is 1. The van der Waals surface area contributed by atoms with Gasteiger partial charge in [-0.3, -0.25) is 29.6 Å². The van der Waals surface area contributed by atoms with E-state index in [2.05, 4.69) is 4.99 Å². The number of fused-ring (bicyclic) bond motifs is 1. The van der Waals surface area contributed by atoms with Crippen LogP contribution >= 0.6 is 11.3 Å². The lowest BCUT2D eigenvalue weighted by molar-refractivity contribution is -0.394. The summed E-state index contributed by atoms with van der Waals surface area (Å²) in [4.78, 5) is 53.5. The van der Waals surface area contributed by atoms with Gasteiger partial charge in [0.15, 0.2) is 4.80 Å². The summed E-state index contributed by atoms with van der Waals surface area (Å²) < 4.78 is 18.9. The van der Waals surface area contributed by atoms with Crippen LogP contribution < -0.4 is 24.4 Å². The third kappa shape index (κ3) is 6.42. The Morgan fingerprint density at radius 3 is 2.50 bits per heavy atom. The first-order valence-electron chi connectivity index (χ1n) is 14.1. The number of hydrogen-bond acceptors (Lipinski definition) is 11. The van der Waals surface area contributed by atoms with E-state index in [0.717, 1.165) is 29.5 Å². The highest BCUT2D eigenvalue weighted by molar-refractivity contribution is 7.07. The van der Waals surface area contributed by atoms with Crippen LogP contribution in [-0.4, -0.2) is 33.1 Å². The molecule has 0 bridgehead atoms. The monoisotopic (exact) mass is 644 g/mol. The lowest BCUT2D eigenvalue weighted by Gasteiger charge is -2.26. The summed E-state index contributed by atoms with van der Waals surface area (Å²) in [6, 6.07) is 15.9. The molecule has 236 valence electrons. The second-order valence-corrected chi connectivity index (χ2v) is 11.4. The van der Waals surface area contributed by atoms with Gasteiger partial charge in [0.1, 0.15) is 17.5 Å². The van der Waals surface area contributed by atoms with E-state index in [-0.39, 0.29) is 29.8 Å². The maximum absolute atomic E-state index is 14.1. The van der Waals surface area contributed by atoms with Crippen LogP contribution in [0.25, 0.3) is 6.08 Å². The van der Waals surface area contributed by atoms with E-state index < -0.39 is 38.8 Å². The standard InChI is InChI=1S/C32H28N4O9S/c1-5-43-31(38)28-19(4)33-32-34(29(28)23-11-6-7-12-25(23)44-18(2)3)30(37)27(46-32)16-20-9-8-10-22(15-20)45-26-14-13-21(35(39)40)17-24(26)36(41)42/h6-18,29H,5H2,1-4H3/b27-16-/t29-/m1/s1. The van der Waals surface area contributed by atoms with Crippen LogP contribution in [0.5, 0.6) is 17.2 Å². The van der Waals surface area contributed by atoms with Crippen LogP contribution in [-0.2, 0) is 9.53 Å². The first-order chi connectivity index (χ1) is 22.0. The second kappa shape index (κ2) is 13.2. The zero-order valence-corrected chi connectivity index (χ0v) is 26.0. The zero-order valence-electron chi connectivity index (χ0n) is 25.2. The third-order valence-electron chi connectivity index (χ3n) is 6.83. The van der Waals surface area contributed by atoms with Gasteiger partial charge in [0.25, 0.3) is 11.2 Å². The molecule has 0 saturated carbocycles. The van der Waals surface area contributed by atoms with E-state index in [1.54, 1.807) is 62.4 Å². The molecule has 4 aromatic rings. The van der Waals surface area contributed by atoms with Crippen LogP contribution in [0.2, 0.25) is 0 Å². The number of thiazole rings is 1. The van der Waals surface area contributed by atoms with Crippen molar-refractivity contribution in [2.75, 3.05) is 6.61 Å². The molecule has 1 aliphatic heterocycles. The predicted molar refractivity (Wildman–Crippen MR) is 169 cm³/mol. The Bertz CT molecular complexity index is 2080. The molecule has 1 aliphatic rings. The van der Waals surface area contributed by atoms with Crippen molar-refractivity contribution in [2.24, 2.45) is 4.99 Å². The highest BCUT2D eigenvalue weighted by atomic mass is 32.1. The number of nitrogens with zero attached hydrogens (tertiary/aromatic N) is 4. The number of esters is 1. The van der Waals surface area contributed by atoms with Gasteiger partial charge in [-0.15, -0.1) is 0 Å². The molecule has 0 saturated heterocycles. The van der Waals surface area contributed by atoms with Crippen molar-refractivity contribution in [3.8, 4) is 17.2 Å². The molecule has 0 amide bonds. The molecule has 0 radical (unpaired) electrons. The van der Waals surface area contributed by atoms with E-state index in [9.17, 15) is 29.8 Å². The van der Waals surface area contributed by atoms with Gasteiger partial charge in [0, 0.05) is 11.6 Å². The number of allylic oxidation sites excluding steroid dienone is 1. The van der Waals surface area contributed by atoms with Gasteiger partial charge in [-0.25, -0.2) is 9.79 Å². The molecule has 14 heteroatoms. The van der Waals surface area contributed by atoms with Crippen molar-refractivity contribution in [3.05, 3.63) is 129 Å². The van der Waals surface area contributed by atoms with Crippen LogP contribution in [0.4, 0.5) is 11.4 Å². The van der Waals surface area contributed by atoms with Crippen molar-refractivity contribution in [1.82, 2.24) is 4.57 Å². The molecule has 1 aromatic heterocycles. The number of nitro groups is 2. The predicted octanol–water partition coefficient (Wildman–Crippen LogP) is 5.19. The highest BCUT2D eigenvalue weighted by Gasteiger charge is 2.35. The van der Waals surface area contributed by atoms with Gasteiger partial charge >= 0.3 is 11.7 Å². The van der Waals surface area contributed by atoms with E-state index in [4.69, 9.17) is 14.2 Å². The third-order valence-corrected chi connectivity index (χ3v) is 7.81. The summed E-state index contributed by atoms with van der Waals surface area (Å²) in [5, 5.41) is 22.7. The Kier molecular flexibility index (Phi) is 9.09. The fourth-order valence-corrected chi connectivity index (χ4v) is 5.99. The van der Waals surface area contributed by atoms with E-state index in [1.165, 1.54) is 4.57 Å². The highest BCUT2D eigenvalue weighted by Crippen LogP contribution is 2.37. The molecule has 2 heterocycles. The van der Waals surface area contributed by atoms with Crippen molar-refractivity contribution < 1.29 is 28.9 Å². The quantitative estimate of drug-likeness (QED) is 0.128. The van der Waals surface area contributed by atoms with Crippen molar-refractivity contribution in [3.63, 3.8) is 0 Å². The minimum absolute atomic E-state index is 0.137. The Labute approximate surface area is 265 Å². The van der Waals surface area contributed by atoms with Gasteiger partial charge < -0.3 is 14.2 Å². The summed E-state index contributed by atoms with van der Waals surface area (Å²) in [5.41, 5.74) is 0.356. The number of non-ortho nitro benzene ring substituents is 1.